The summed E-state index contributed by atoms with van der Waals surface area (Å²) >= 11 is 0. The molecular formula is C21H29N5O3. The maximum absolute atomic E-state index is 13.5. The van der Waals surface area contributed by atoms with Crippen molar-refractivity contribution in [1.29, 1.82) is 0 Å². The van der Waals surface area contributed by atoms with Crippen LogP contribution in [0.5, 0.6) is 0 Å². The molecule has 0 bridgehead atoms. The van der Waals surface area contributed by atoms with Crippen LogP contribution < -0.4 is 10.2 Å². The van der Waals surface area contributed by atoms with Gasteiger partial charge in [-0.2, -0.15) is 0 Å². The van der Waals surface area contributed by atoms with Crippen molar-refractivity contribution in [2.75, 3.05) is 57.4 Å². The maximum Gasteiger partial charge on any atom is 0.250 e. The Labute approximate surface area is 171 Å². The summed E-state index contributed by atoms with van der Waals surface area (Å²) in [6, 6.07) is 10.00. The van der Waals surface area contributed by atoms with Gasteiger partial charge in [-0.25, -0.2) is 0 Å². The first-order valence-electron chi connectivity index (χ1n) is 10.4. The molecule has 1 aromatic rings. The molecule has 1 spiro atoms. The van der Waals surface area contributed by atoms with Crippen LogP contribution in [-0.2, 0) is 14.4 Å². The number of piperidine rings is 1. The molecular weight excluding hydrogens is 370 g/mol. The molecule has 0 aromatic heterocycles. The number of para-hydroxylation sites is 1. The third-order valence-corrected chi connectivity index (χ3v) is 6.42. The van der Waals surface area contributed by atoms with Crippen LogP contribution in [0, 0.1) is 0 Å². The first kappa shape index (κ1) is 19.7. The van der Waals surface area contributed by atoms with Crippen LogP contribution in [0.3, 0.4) is 0 Å². The fourth-order valence-electron chi connectivity index (χ4n) is 4.70. The zero-order chi connectivity index (χ0) is 20.4. The van der Waals surface area contributed by atoms with Gasteiger partial charge >= 0.3 is 0 Å². The Balaban J connectivity index is 1.48. The number of anilines is 1. The maximum atomic E-state index is 13.5. The Hall–Kier alpha value is -2.61. The number of carbonyl (C=O) groups excluding carboxylic acids is 3. The van der Waals surface area contributed by atoms with Gasteiger partial charge in [-0.15, -0.1) is 0 Å². The number of hydrogen-bond donors (Lipinski definition) is 1. The van der Waals surface area contributed by atoms with Gasteiger partial charge in [0.25, 0.3) is 0 Å². The quantitative estimate of drug-likeness (QED) is 0.781. The van der Waals surface area contributed by atoms with Gasteiger partial charge in [-0.05, 0) is 38.1 Å². The summed E-state index contributed by atoms with van der Waals surface area (Å²) in [5.41, 5.74) is 0.452. The Bertz CT molecular complexity index is 770. The topological polar surface area (TPSA) is 76.2 Å². The Morgan fingerprint density at radius 2 is 1.62 bits per heavy atom. The third-order valence-electron chi connectivity index (χ3n) is 6.42. The van der Waals surface area contributed by atoms with E-state index in [1.807, 2.05) is 30.3 Å². The minimum absolute atomic E-state index is 0.0400. The summed E-state index contributed by atoms with van der Waals surface area (Å²) in [5.74, 6) is 0.0531. The summed E-state index contributed by atoms with van der Waals surface area (Å²) in [4.78, 5) is 45.3. The zero-order valence-electron chi connectivity index (χ0n) is 17.0. The molecule has 3 fully saturated rings. The van der Waals surface area contributed by atoms with Gasteiger partial charge in [0.05, 0.1) is 6.67 Å². The van der Waals surface area contributed by atoms with Crippen molar-refractivity contribution in [3.8, 4) is 0 Å². The Kier molecular flexibility index (Phi) is 5.45. The number of hydrogen-bond acceptors (Lipinski definition) is 5. The van der Waals surface area contributed by atoms with E-state index in [0.717, 1.165) is 31.6 Å². The second kappa shape index (κ2) is 8.02. The van der Waals surface area contributed by atoms with E-state index >= 15 is 0 Å². The first-order chi connectivity index (χ1) is 14.0. The van der Waals surface area contributed by atoms with Gasteiger partial charge in [0, 0.05) is 38.8 Å². The van der Waals surface area contributed by atoms with E-state index in [1.54, 1.807) is 21.6 Å². The number of amides is 3. The molecule has 3 heterocycles. The largest absolute Gasteiger partial charge is 0.339 e. The lowest BCUT2D eigenvalue weighted by atomic mass is 9.86. The SMILES string of the molecule is CC(=O)N1CCN(C(=O)CN2CN(c3ccccc3)C3(CCNCC3)C2=O)CC1. The fraction of sp³-hybridized carbons (Fsp3) is 0.571. The molecule has 0 atom stereocenters. The third kappa shape index (κ3) is 3.69. The molecule has 4 rings (SSSR count). The molecule has 3 aliphatic rings. The average molecular weight is 399 g/mol. The average Bonchev–Trinajstić information content (AvgIpc) is 3.01. The van der Waals surface area contributed by atoms with Crippen LogP contribution in [-0.4, -0.2) is 90.4 Å². The summed E-state index contributed by atoms with van der Waals surface area (Å²) < 4.78 is 0. The molecule has 8 heteroatoms. The molecule has 156 valence electrons. The fourth-order valence-corrected chi connectivity index (χ4v) is 4.70. The van der Waals surface area contributed by atoms with Gasteiger partial charge in [0.2, 0.25) is 17.7 Å². The summed E-state index contributed by atoms with van der Waals surface area (Å²) in [5, 5.41) is 3.34. The van der Waals surface area contributed by atoms with E-state index in [9.17, 15) is 14.4 Å². The molecule has 3 saturated heterocycles. The number of nitrogens with one attached hydrogen (secondary N) is 1. The normalized spacial score (nSPS) is 21.8. The number of piperazine rings is 1. The molecule has 0 saturated carbocycles. The van der Waals surface area contributed by atoms with Crippen molar-refractivity contribution in [3.05, 3.63) is 30.3 Å². The minimum atomic E-state index is -0.569. The summed E-state index contributed by atoms with van der Waals surface area (Å²) in [6.45, 7) is 5.83. The molecule has 29 heavy (non-hydrogen) atoms. The second-order valence-electron chi connectivity index (χ2n) is 8.08. The highest BCUT2D eigenvalue weighted by Gasteiger charge is 2.53. The van der Waals surface area contributed by atoms with E-state index in [-0.39, 0.29) is 24.3 Å². The van der Waals surface area contributed by atoms with Gasteiger partial charge in [0.15, 0.2) is 0 Å². The van der Waals surface area contributed by atoms with Crippen molar-refractivity contribution in [1.82, 2.24) is 20.0 Å². The predicted octanol–water partition coefficient (Wildman–Crippen LogP) is 0.106. The highest BCUT2D eigenvalue weighted by atomic mass is 16.2. The van der Waals surface area contributed by atoms with Crippen molar-refractivity contribution < 1.29 is 14.4 Å². The van der Waals surface area contributed by atoms with E-state index in [1.165, 1.54) is 0 Å². The molecule has 0 aliphatic carbocycles. The lowest BCUT2D eigenvalue weighted by molar-refractivity contribution is -0.143. The van der Waals surface area contributed by atoms with Crippen molar-refractivity contribution in [3.63, 3.8) is 0 Å². The van der Waals surface area contributed by atoms with Crippen molar-refractivity contribution >= 4 is 23.4 Å². The van der Waals surface area contributed by atoms with Crippen LogP contribution in [0.4, 0.5) is 5.69 Å². The number of benzene rings is 1. The second-order valence-corrected chi connectivity index (χ2v) is 8.08. The van der Waals surface area contributed by atoms with Gasteiger partial charge < -0.3 is 24.9 Å². The standard InChI is InChI=1S/C21H29N5O3/c1-17(27)23-11-13-24(14-12-23)19(28)15-25-16-26(18-5-3-2-4-6-18)21(20(25)29)7-9-22-10-8-21/h2-6,22H,7-16H2,1H3. The lowest BCUT2D eigenvalue weighted by Gasteiger charge is -2.40. The molecule has 1 aromatic carbocycles. The van der Waals surface area contributed by atoms with Gasteiger partial charge in [-0.1, -0.05) is 18.2 Å². The minimum Gasteiger partial charge on any atom is -0.339 e. The smallest absolute Gasteiger partial charge is 0.250 e. The van der Waals surface area contributed by atoms with E-state index in [4.69, 9.17) is 0 Å². The van der Waals surface area contributed by atoms with E-state index < -0.39 is 5.54 Å². The number of nitrogens with zero attached hydrogens (tertiary/aromatic N) is 4. The zero-order valence-corrected chi connectivity index (χ0v) is 17.0. The van der Waals surface area contributed by atoms with Crippen LogP contribution in [0.1, 0.15) is 19.8 Å². The van der Waals surface area contributed by atoms with Gasteiger partial charge in [0.1, 0.15) is 12.1 Å². The van der Waals surface area contributed by atoms with Crippen molar-refractivity contribution in [2.45, 2.75) is 25.3 Å². The van der Waals surface area contributed by atoms with Crippen LogP contribution >= 0.6 is 0 Å². The van der Waals surface area contributed by atoms with Gasteiger partial charge in [-0.3, -0.25) is 14.4 Å². The summed E-state index contributed by atoms with van der Waals surface area (Å²) in [7, 11) is 0. The van der Waals surface area contributed by atoms with Crippen LogP contribution in [0.15, 0.2) is 30.3 Å². The molecule has 0 unspecified atom stereocenters. The van der Waals surface area contributed by atoms with Crippen LogP contribution in [0.2, 0.25) is 0 Å². The monoisotopic (exact) mass is 399 g/mol. The molecule has 0 radical (unpaired) electrons. The molecule has 3 amide bonds. The number of rotatable bonds is 3. The van der Waals surface area contributed by atoms with E-state index in [0.29, 0.717) is 32.8 Å². The highest BCUT2D eigenvalue weighted by molar-refractivity contribution is 5.96. The first-order valence-corrected chi connectivity index (χ1v) is 10.4. The molecule has 1 N–H and O–H groups in total. The lowest BCUT2D eigenvalue weighted by Crippen LogP contribution is -2.56. The van der Waals surface area contributed by atoms with E-state index in [2.05, 4.69) is 10.2 Å². The van der Waals surface area contributed by atoms with Crippen molar-refractivity contribution in [2.24, 2.45) is 0 Å². The highest BCUT2D eigenvalue weighted by Crippen LogP contribution is 2.38. The number of carbonyl (C=O) groups is 3. The Morgan fingerprint density at radius 3 is 2.24 bits per heavy atom. The Morgan fingerprint density at radius 1 is 1.00 bits per heavy atom. The van der Waals surface area contributed by atoms with Crippen LogP contribution in [0.25, 0.3) is 0 Å². The molecule has 8 nitrogen and oxygen atoms in total. The molecule has 3 aliphatic heterocycles. The summed E-state index contributed by atoms with van der Waals surface area (Å²) in [6.07, 6.45) is 1.48. The predicted molar refractivity (Wildman–Crippen MR) is 109 cm³/mol.